The van der Waals surface area contributed by atoms with Crippen LogP contribution in [0, 0.1) is 13.8 Å². The number of hydrogen-bond acceptors (Lipinski definition) is 1. The Labute approximate surface area is 147 Å². The fourth-order valence-corrected chi connectivity index (χ4v) is 3.14. The molecule has 24 heavy (non-hydrogen) atoms. The van der Waals surface area contributed by atoms with Gasteiger partial charge in [0.2, 0.25) is 0 Å². The van der Waals surface area contributed by atoms with Crippen LogP contribution in [0.15, 0.2) is 49.6 Å². The lowest BCUT2D eigenvalue weighted by Gasteiger charge is -2.14. The molecule has 0 bridgehead atoms. The van der Waals surface area contributed by atoms with E-state index in [1.54, 1.807) is 0 Å². The van der Waals surface area contributed by atoms with Gasteiger partial charge in [0.1, 0.15) is 5.75 Å². The smallest absolute Gasteiger partial charge is 0.127 e. The van der Waals surface area contributed by atoms with Gasteiger partial charge in [-0.25, -0.2) is 0 Å². The highest BCUT2D eigenvalue weighted by Crippen LogP contribution is 2.32. The largest absolute Gasteiger partial charge is 0.493 e. The van der Waals surface area contributed by atoms with E-state index in [4.69, 9.17) is 4.74 Å². The van der Waals surface area contributed by atoms with E-state index in [0.29, 0.717) is 0 Å². The highest BCUT2D eigenvalue weighted by atomic mass is 16.5. The number of ether oxygens (including phenoxy) is 1. The van der Waals surface area contributed by atoms with E-state index in [0.717, 1.165) is 38.0 Å². The van der Waals surface area contributed by atoms with Crippen LogP contribution in [0.3, 0.4) is 0 Å². The molecule has 0 unspecified atom stereocenters. The van der Waals surface area contributed by atoms with Crippen LogP contribution in [-0.2, 0) is 6.42 Å². The van der Waals surface area contributed by atoms with Gasteiger partial charge in [0.25, 0.3) is 0 Å². The second kappa shape index (κ2) is 9.32. The van der Waals surface area contributed by atoms with Gasteiger partial charge in [-0.2, -0.15) is 0 Å². The quantitative estimate of drug-likeness (QED) is 0.349. The Morgan fingerprint density at radius 2 is 1.50 bits per heavy atom. The number of benzene rings is 2. The molecular formula is C23H30O. The van der Waals surface area contributed by atoms with Crippen LogP contribution in [0.4, 0.5) is 0 Å². The lowest BCUT2D eigenvalue weighted by atomic mass is 9.95. The van der Waals surface area contributed by atoms with E-state index in [9.17, 15) is 0 Å². The van der Waals surface area contributed by atoms with Crippen molar-refractivity contribution in [3.63, 3.8) is 0 Å². The topological polar surface area (TPSA) is 9.23 Å². The van der Waals surface area contributed by atoms with Crippen molar-refractivity contribution in [2.24, 2.45) is 0 Å². The minimum atomic E-state index is 0.743. The SMILES string of the molecule is C=CCCCCc1cc(C)cc2c(OCCCC=C)cc(C)cc12. The van der Waals surface area contributed by atoms with Gasteiger partial charge in [-0.15, -0.1) is 13.2 Å². The van der Waals surface area contributed by atoms with E-state index in [1.165, 1.54) is 40.3 Å². The summed E-state index contributed by atoms with van der Waals surface area (Å²) in [6, 6.07) is 9.05. The van der Waals surface area contributed by atoms with Gasteiger partial charge in [-0.3, -0.25) is 0 Å². The highest BCUT2D eigenvalue weighted by Gasteiger charge is 2.09. The number of rotatable bonds is 10. The first-order valence-electron chi connectivity index (χ1n) is 9.04. The van der Waals surface area contributed by atoms with Crippen LogP contribution in [0.25, 0.3) is 10.8 Å². The van der Waals surface area contributed by atoms with Crippen LogP contribution < -0.4 is 4.74 Å². The molecule has 1 heteroatoms. The van der Waals surface area contributed by atoms with E-state index >= 15 is 0 Å². The van der Waals surface area contributed by atoms with Crippen molar-refractivity contribution in [3.05, 3.63) is 66.3 Å². The maximum absolute atomic E-state index is 6.09. The van der Waals surface area contributed by atoms with Gasteiger partial charge in [0.05, 0.1) is 6.61 Å². The predicted octanol–water partition coefficient (Wildman–Crippen LogP) is 6.70. The Balaban J connectivity index is 2.29. The molecule has 0 amide bonds. The first-order valence-corrected chi connectivity index (χ1v) is 9.04. The van der Waals surface area contributed by atoms with Crippen molar-refractivity contribution in [1.82, 2.24) is 0 Å². The Bertz CT molecular complexity index is 635. The van der Waals surface area contributed by atoms with Crippen LogP contribution in [0.2, 0.25) is 0 Å². The maximum atomic E-state index is 6.09. The molecule has 0 heterocycles. The Hall–Kier alpha value is -2.02. The summed E-state index contributed by atoms with van der Waals surface area (Å²) < 4.78 is 6.09. The third-order valence-corrected chi connectivity index (χ3v) is 4.32. The van der Waals surface area contributed by atoms with Gasteiger partial charge in [0.15, 0.2) is 0 Å². The molecule has 0 N–H and O–H groups in total. The summed E-state index contributed by atoms with van der Waals surface area (Å²) >= 11 is 0. The lowest BCUT2D eigenvalue weighted by molar-refractivity contribution is 0.315. The fourth-order valence-electron chi connectivity index (χ4n) is 3.14. The summed E-state index contributed by atoms with van der Waals surface area (Å²) in [6.07, 6.45) is 10.6. The first kappa shape index (κ1) is 18.3. The van der Waals surface area contributed by atoms with Crippen LogP contribution in [-0.4, -0.2) is 6.61 Å². The molecule has 0 aliphatic rings. The Morgan fingerprint density at radius 1 is 0.833 bits per heavy atom. The van der Waals surface area contributed by atoms with Crippen molar-refractivity contribution in [2.75, 3.05) is 6.61 Å². The van der Waals surface area contributed by atoms with E-state index in [2.05, 4.69) is 51.3 Å². The summed E-state index contributed by atoms with van der Waals surface area (Å²) in [6.45, 7) is 12.7. The summed E-state index contributed by atoms with van der Waals surface area (Å²) in [4.78, 5) is 0. The molecule has 128 valence electrons. The van der Waals surface area contributed by atoms with Crippen molar-refractivity contribution in [3.8, 4) is 5.75 Å². The molecule has 0 fully saturated rings. The molecule has 0 saturated heterocycles. The van der Waals surface area contributed by atoms with Crippen LogP contribution in [0.5, 0.6) is 5.75 Å². The summed E-state index contributed by atoms with van der Waals surface area (Å²) in [7, 11) is 0. The number of unbranched alkanes of at least 4 members (excludes halogenated alkanes) is 3. The monoisotopic (exact) mass is 322 g/mol. The molecule has 0 atom stereocenters. The van der Waals surface area contributed by atoms with Crippen molar-refractivity contribution < 1.29 is 4.74 Å². The zero-order chi connectivity index (χ0) is 17.4. The molecule has 0 spiro atoms. The van der Waals surface area contributed by atoms with Gasteiger partial charge in [0, 0.05) is 5.39 Å². The van der Waals surface area contributed by atoms with Crippen LogP contribution in [0.1, 0.15) is 48.8 Å². The average Bonchev–Trinajstić information content (AvgIpc) is 2.56. The molecule has 2 aromatic rings. The van der Waals surface area contributed by atoms with Crippen molar-refractivity contribution in [1.29, 1.82) is 0 Å². The van der Waals surface area contributed by atoms with Crippen molar-refractivity contribution >= 4 is 10.8 Å². The second-order valence-corrected chi connectivity index (χ2v) is 6.60. The molecule has 0 saturated carbocycles. The predicted molar refractivity (Wildman–Crippen MR) is 106 cm³/mol. The molecule has 2 aromatic carbocycles. The standard InChI is InChI=1S/C23H30O/c1-5-7-9-10-12-20-14-18(3)16-22-21(20)15-19(4)17-23(22)24-13-11-8-6-2/h5-6,14-17H,1-2,7-13H2,3-4H3. The molecule has 0 aromatic heterocycles. The first-order chi connectivity index (χ1) is 11.7. The summed E-state index contributed by atoms with van der Waals surface area (Å²) in [5, 5.41) is 2.59. The third-order valence-electron chi connectivity index (χ3n) is 4.32. The molecular weight excluding hydrogens is 292 g/mol. The van der Waals surface area contributed by atoms with Gasteiger partial charge >= 0.3 is 0 Å². The van der Waals surface area contributed by atoms with Crippen molar-refractivity contribution in [2.45, 2.75) is 52.4 Å². The fraction of sp³-hybridized carbons (Fsp3) is 0.391. The van der Waals surface area contributed by atoms with Crippen LogP contribution >= 0.6 is 0 Å². The molecule has 1 nitrogen and oxygen atoms in total. The minimum Gasteiger partial charge on any atom is -0.493 e. The van der Waals surface area contributed by atoms with Gasteiger partial charge in [-0.05, 0) is 81.0 Å². The normalized spacial score (nSPS) is 10.8. The maximum Gasteiger partial charge on any atom is 0.127 e. The van der Waals surface area contributed by atoms with E-state index in [-0.39, 0.29) is 0 Å². The number of allylic oxidation sites excluding steroid dienone is 2. The Kier molecular flexibility index (Phi) is 7.11. The molecule has 0 radical (unpaired) electrons. The zero-order valence-electron chi connectivity index (χ0n) is 15.2. The lowest BCUT2D eigenvalue weighted by Crippen LogP contribution is -1.99. The molecule has 0 aliphatic heterocycles. The molecule has 0 aliphatic carbocycles. The van der Waals surface area contributed by atoms with Gasteiger partial charge < -0.3 is 4.74 Å². The highest BCUT2D eigenvalue weighted by molar-refractivity contribution is 5.92. The number of hydrogen-bond donors (Lipinski definition) is 0. The number of fused-ring (bicyclic) bond motifs is 1. The Morgan fingerprint density at radius 3 is 2.25 bits per heavy atom. The van der Waals surface area contributed by atoms with E-state index < -0.39 is 0 Å². The second-order valence-electron chi connectivity index (χ2n) is 6.60. The number of aryl methyl sites for hydroxylation is 3. The summed E-state index contributed by atoms with van der Waals surface area (Å²) in [5.41, 5.74) is 4.01. The minimum absolute atomic E-state index is 0.743. The molecule has 2 rings (SSSR count). The average molecular weight is 322 g/mol. The zero-order valence-corrected chi connectivity index (χ0v) is 15.2. The van der Waals surface area contributed by atoms with E-state index in [1.807, 2.05) is 12.2 Å². The summed E-state index contributed by atoms with van der Waals surface area (Å²) in [5.74, 6) is 1.02. The third kappa shape index (κ3) is 4.99. The van der Waals surface area contributed by atoms with Gasteiger partial charge in [-0.1, -0.05) is 29.8 Å².